The van der Waals surface area contributed by atoms with Crippen LogP contribution in [0.2, 0.25) is 0 Å². The number of carbonyl (C=O) groups is 2. The van der Waals surface area contributed by atoms with Crippen LogP contribution in [0, 0.1) is 6.92 Å². The van der Waals surface area contributed by atoms with Crippen molar-refractivity contribution in [2.75, 3.05) is 0 Å². The van der Waals surface area contributed by atoms with Crippen molar-refractivity contribution in [1.82, 2.24) is 0 Å². The molecule has 1 aromatic carbocycles. The predicted molar refractivity (Wildman–Crippen MR) is 73.0 cm³/mol. The molecule has 0 aliphatic carbocycles. The quantitative estimate of drug-likeness (QED) is 0.671. The number of aryl methyl sites for hydroxylation is 1. The summed E-state index contributed by atoms with van der Waals surface area (Å²) >= 11 is 0. The van der Waals surface area contributed by atoms with Gasteiger partial charge in [-0.05, 0) is 51.0 Å². The Morgan fingerprint density at radius 1 is 1.26 bits per heavy atom. The van der Waals surface area contributed by atoms with E-state index in [9.17, 15) is 9.59 Å². The molecule has 1 N–H and O–H groups in total. The molecular weight excluding hydrogens is 244 g/mol. The standard InChI is InChI=1S/C15H18O4/c1-10-9-11(5-7-12(10)14(17)18)6-8-13(16)19-15(2,3)4/h5-9H,1-4H3,(H,17,18). The summed E-state index contributed by atoms with van der Waals surface area (Å²) in [7, 11) is 0. The van der Waals surface area contributed by atoms with Crippen LogP contribution < -0.4 is 0 Å². The molecule has 4 nitrogen and oxygen atoms in total. The molecule has 0 heterocycles. The van der Waals surface area contributed by atoms with Crippen molar-refractivity contribution in [3.63, 3.8) is 0 Å². The minimum Gasteiger partial charge on any atom is -0.478 e. The predicted octanol–water partition coefficient (Wildman–Crippen LogP) is 3.05. The van der Waals surface area contributed by atoms with Gasteiger partial charge in [0, 0.05) is 6.08 Å². The topological polar surface area (TPSA) is 63.6 Å². The van der Waals surface area contributed by atoms with Crippen LogP contribution in [-0.2, 0) is 9.53 Å². The second kappa shape index (κ2) is 5.69. The van der Waals surface area contributed by atoms with E-state index in [0.717, 1.165) is 5.56 Å². The molecule has 4 heteroatoms. The Kier molecular flexibility index (Phi) is 4.48. The maximum atomic E-state index is 11.5. The number of aromatic carboxylic acids is 1. The van der Waals surface area contributed by atoms with Gasteiger partial charge in [0.05, 0.1) is 5.56 Å². The number of ether oxygens (including phenoxy) is 1. The van der Waals surface area contributed by atoms with E-state index in [2.05, 4.69) is 0 Å². The number of carboxylic acids is 1. The lowest BCUT2D eigenvalue weighted by atomic mass is 10.0. The first-order chi connectivity index (χ1) is 8.69. The van der Waals surface area contributed by atoms with Crippen LogP contribution in [-0.4, -0.2) is 22.6 Å². The summed E-state index contributed by atoms with van der Waals surface area (Å²) in [5.41, 5.74) is 1.14. The highest BCUT2D eigenvalue weighted by Crippen LogP contribution is 2.13. The summed E-state index contributed by atoms with van der Waals surface area (Å²) in [6.45, 7) is 7.11. The first kappa shape index (κ1) is 15.0. The average molecular weight is 262 g/mol. The molecule has 0 saturated carbocycles. The Morgan fingerprint density at radius 2 is 1.89 bits per heavy atom. The van der Waals surface area contributed by atoms with Gasteiger partial charge in [0.1, 0.15) is 5.60 Å². The third kappa shape index (κ3) is 4.95. The maximum absolute atomic E-state index is 11.5. The van der Waals surface area contributed by atoms with Gasteiger partial charge >= 0.3 is 11.9 Å². The third-order valence-electron chi connectivity index (χ3n) is 2.30. The van der Waals surface area contributed by atoms with Gasteiger partial charge in [0.2, 0.25) is 0 Å². The summed E-state index contributed by atoms with van der Waals surface area (Å²) < 4.78 is 5.13. The van der Waals surface area contributed by atoms with Crippen LogP contribution >= 0.6 is 0 Å². The maximum Gasteiger partial charge on any atom is 0.335 e. The minimum atomic E-state index is -0.958. The molecule has 0 spiro atoms. The first-order valence-corrected chi connectivity index (χ1v) is 5.94. The average Bonchev–Trinajstić information content (AvgIpc) is 2.23. The van der Waals surface area contributed by atoms with Crippen molar-refractivity contribution in [1.29, 1.82) is 0 Å². The van der Waals surface area contributed by atoms with Gasteiger partial charge < -0.3 is 9.84 Å². The van der Waals surface area contributed by atoms with Crippen molar-refractivity contribution < 1.29 is 19.4 Å². The Hall–Kier alpha value is -2.10. The fraction of sp³-hybridized carbons (Fsp3) is 0.333. The Labute approximate surface area is 112 Å². The number of esters is 1. The fourth-order valence-electron chi connectivity index (χ4n) is 1.53. The molecule has 1 rings (SSSR count). The first-order valence-electron chi connectivity index (χ1n) is 5.94. The second-order valence-electron chi connectivity index (χ2n) is 5.25. The minimum absolute atomic E-state index is 0.259. The van der Waals surface area contributed by atoms with Crippen LogP contribution in [0.5, 0.6) is 0 Å². The van der Waals surface area contributed by atoms with E-state index in [-0.39, 0.29) is 5.56 Å². The summed E-state index contributed by atoms with van der Waals surface area (Å²) in [5, 5.41) is 8.91. The van der Waals surface area contributed by atoms with Crippen molar-refractivity contribution in [3.05, 3.63) is 41.0 Å². The van der Waals surface area contributed by atoms with E-state index in [1.807, 2.05) is 0 Å². The van der Waals surface area contributed by atoms with Gasteiger partial charge in [-0.25, -0.2) is 9.59 Å². The zero-order valence-electron chi connectivity index (χ0n) is 11.6. The summed E-state index contributed by atoms with van der Waals surface area (Å²) in [4.78, 5) is 22.4. The lowest BCUT2D eigenvalue weighted by Gasteiger charge is -2.17. The van der Waals surface area contributed by atoms with Crippen molar-refractivity contribution in [3.8, 4) is 0 Å². The highest BCUT2D eigenvalue weighted by molar-refractivity contribution is 5.90. The largest absolute Gasteiger partial charge is 0.478 e. The zero-order chi connectivity index (χ0) is 14.6. The molecule has 0 aromatic heterocycles. The van der Waals surface area contributed by atoms with E-state index in [1.165, 1.54) is 12.1 Å². The van der Waals surface area contributed by atoms with Gasteiger partial charge in [-0.1, -0.05) is 12.1 Å². The molecule has 0 saturated heterocycles. The van der Waals surface area contributed by atoms with E-state index < -0.39 is 17.5 Å². The second-order valence-corrected chi connectivity index (χ2v) is 5.25. The normalized spacial score (nSPS) is 11.6. The van der Waals surface area contributed by atoms with Crippen molar-refractivity contribution >= 4 is 18.0 Å². The summed E-state index contributed by atoms with van der Waals surface area (Å²) in [6.07, 6.45) is 2.94. The third-order valence-corrected chi connectivity index (χ3v) is 2.30. The van der Waals surface area contributed by atoms with Crippen LogP contribution in [0.25, 0.3) is 6.08 Å². The molecule has 19 heavy (non-hydrogen) atoms. The number of hydrogen-bond acceptors (Lipinski definition) is 3. The number of benzene rings is 1. The highest BCUT2D eigenvalue weighted by Gasteiger charge is 2.13. The van der Waals surface area contributed by atoms with Gasteiger partial charge in [0.25, 0.3) is 0 Å². The number of carboxylic acid groups (broad SMARTS) is 1. The monoisotopic (exact) mass is 262 g/mol. The fourth-order valence-corrected chi connectivity index (χ4v) is 1.53. The number of rotatable bonds is 3. The van der Waals surface area contributed by atoms with Crippen LogP contribution in [0.1, 0.15) is 42.3 Å². The SMILES string of the molecule is Cc1cc(C=CC(=O)OC(C)(C)C)ccc1C(=O)O. The molecule has 0 fully saturated rings. The smallest absolute Gasteiger partial charge is 0.335 e. The molecule has 0 atom stereocenters. The molecule has 0 aliphatic heterocycles. The van der Waals surface area contributed by atoms with E-state index >= 15 is 0 Å². The van der Waals surface area contributed by atoms with E-state index in [4.69, 9.17) is 9.84 Å². The molecule has 0 unspecified atom stereocenters. The Bertz CT molecular complexity index is 521. The van der Waals surface area contributed by atoms with Crippen LogP contribution in [0.15, 0.2) is 24.3 Å². The molecular formula is C15H18O4. The van der Waals surface area contributed by atoms with Crippen molar-refractivity contribution in [2.45, 2.75) is 33.3 Å². The van der Waals surface area contributed by atoms with Crippen molar-refractivity contribution in [2.24, 2.45) is 0 Å². The highest BCUT2D eigenvalue weighted by atomic mass is 16.6. The molecule has 0 bridgehead atoms. The summed E-state index contributed by atoms with van der Waals surface area (Å²) in [5.74, 6) is -1.38. The number of hydrogen-bond donors (Lipinski definition) is 1. The van der Waals surface area contributed by atoms with Gasteiger partial charge in [-0.2, -0.15) is 0 Å². The van der Waals surface area contributed by atoms with Gasteiger partial charge in [-0.15, -0.1) is 0 Å². The molecule has 102 valence electrons. The number of carbonyl (C=O) groups excluding carboxylic acids is 1. The lowest BCUT2D eigenvalue weighted by Crippen LogP contribution is -2.22. The van der Waals surface area contributed by atoms with Gasteiger partial charge in [-0.3, -0.25) is 0 Å². The summed E-state index contributed by atoms with van der Waals surface area (Å²) in [6, 6.07) is 4.88. The molecule has 0 radical (unpaired) electrons. The van der Waals surface area contributed by atoms with E-state index in [0.29, 0.717) is 5.56 Å². The lowest BCUT2D eigenvalue weighted by molar-refractivity contribution is -0.148. The Morgan fingerprint density at radius 3 is 2.37 bits per heavy atom. The molecule has 0 amide bonds. The Balaban J connectivity index is 2.81. The van der Waals surface area contributed by atoms with E-state index in [1.54, 1.807) is 45.9 Å². The van der Waals surface area contributed by atoms with Crippen LogP contribution in [0.3, 0.4) is 0 Å². The molecule has 0 aliphatic rings. The molecule has 1 aromatic rings. The van der Waals surface area contributed by atoms with Gasteiger partial charge in [0.15, 0.2) is 0 Å². The zero-order valence-corrected chi connectivity index (χ0v) is 11.6. The van der Waals surface area contributed by atoms with Crippen LogP contribution in [0.4, 0.5) is 0 Å².